The molecule has 1 aliphatic carbocycles. The molecule has 1 aliphatic rings. The maximum Gasteiger partial charge on any atom is 0.257 e. The molecule has 0 unspecified atom stereocenters. The molecular formula is C24H28N2O. The zero-order valence-electron chi connectivity index (χ0n) is 16.1. The highest BCUT2D eigenvalue weighted by Crippen LogP contribution is 2.37. The van der Waals surface area contributed by atoms with Crippen LogP contribution in [0.2, 0.25) is 0 Å². The lowest BCUT2D eigenvalue weighted by molar-refractivity contribution is 0.308. The predicted molar refractivity (Wildman–Crippen MR) is 109 cm³/mol. The van der Waals surface area contributed by atoms with Gasteiger partial charge in [0.1, 0.15) is 0 Å². The summed E-state index contributed by atoms with van der Waals surface area (Å²) in [4.78, 5) is 4.57. The van der Waals surface area contributed by atoms with Crippen molar-refractivity contribution in [1.82, 2.24) is 10.1 Å². The summed E-state index contributed by atoms with van der Waals surface area (Å²) in [5.41, 5.74) is 3.65. The van der Waals surface area contributed by atoms with Crippen molar-refractivity contribution in [2.24, 2.45) is 5.92 Å². The molecule has 0 bridgehead atoms. The average Bonchev–Trinajstić information content (AvgIpc) is 3.18. The number of aromatic nitrogens is 2. The van der Waals surface area contributed by atoms with Crippen LogP contribution in [0.4, 0.5) is 0 Å². The predicted octanol–water partition coefficient (Wildman–Crippen LogP) is 6.40. The molecular weight excluding hydrogens is 332 g/mol. The molecule has 0 aliphatic heterocycles. The summed E-state index contributed by atoms with van der Waals surface area (Å²) < 4.78 is 5.49. The maximum atomic E-state index is 5.49. The van der Waals surface area contributed by atoms with Gasteiger partial charge in [-0.1, -0.05) is 67.4 Å². The van der Waals surface area contributed by atoms with E-state index in [2.05, 4.69) is 53.5 Å². The molecule has 1 heterocycles. The van der Waals surface area contributed by atoms with Gasteiger partial charge in [0.05, 0.1) is 0 Å². The molecule has 1 fully saturated rings. The van der Waals surface area contributed by atoms with Crippen LogP contribution in [0.3, 0.4) is 0 Å². The van der Waals surface area contributed by atoms with Gasteiger partial charge in [0, 0.05) is 12.0 Å². The molecule has 0 N–H and O–H groups in total. The molecule has 140 valence electrons. The standard InChI is InChI=1S/C24H28N2O/c1-2-6-18-9-11-20(12-10-18)21-13-15-22(16-14-21)24-25-23(26-27-24)17-19-7-4-3-5-8-19/h3-5,7-8,13-16,18,20H,2,6,9-12,17H2,1H3. The van der Waals surface area contributed by atoms with Gasteiger partial charge < -0.3 is 4.52 Å². The van der Waals surface area contributed by atoms with Crippen molar-refractivity contribution >= 4 is 0 Å². The number of nitrogens with zero attached hydrogens (tertiary/aromatic N) is 2. The van der Waals surface area contributed by atoms with Gasteiger partial charge >= 0.3 is 0 Å². The highest BCUT2D eigenvalue weighted by atomic mass is 16.5. The zero-order chi connectivity index (χ0) is 18.5. The molecule has 3 nitrogen and oxygen atoms in total. The first-order valence-electron chi connectivity index (χ1n) is 10.3. The van der Waals surface area contributed by atoms with Crippen LogP contribution >= 0.6 is 0 Å². The van der Waals surface area contributed by atoms with E-state index in [0.29, 0.717) is 18.2 Å². The topological polar surface area (TPSA) is 38.9 Å². The van der Waals surface area contributed by atoms with Gasteiger partial charge in [0.2, 0.25) is 0 Å². The van der Waals surface area contributed by atoms with Gasteiger partial charge in [0.15, 0.2) is 5.82 Å². The largest absolute Gasteiger partial charge is 0.334 e. The van der Waals surface area contributed by atoms with Crippen molar-refractivity contribution in [1.29, 1.82) is 0 Å². The highest BCUT2D eigenvalue weighted by Gasteiger charge is 2.22. The second kappa shape index (κ2) is 8.51. The van der Waals surface area contributed by atoms with Gasteiger partial charge in [-0.15, -0.1) is 0 Å². The fraction of sp³-hybridized carbons (Fsp3) is 0.417. The molecule has 0 radical (unpaired) electrons. The minimum Gasteiger partial charge on any atom is -0.334 e. The van der Waals surface area contributed by atoms with Crippen LogP contribution in [0.25, 0.3) is 11.5 Å². The number of hydrogen-bond donors (Lipinski definition) is 0. The van der Waals surface area contributed by atoms with E-state index in [1.165, 1.54) is 49.7 Å². The lowest BCUT2D eigenvalue weighted by Crippen LogP contribution is -2.13. The van der Waals surface area contributed by atoms with E-state index < -0.39 is 0 Å². The van der Waals surface area contributed by atoms with E-state index in [0.717, 1.165) is 17.3 Å². The van der Waals surface area contributed by atoms with Gasteiger partial charge in [-0.2, -0.15) is 4.98 Å². The van der Waals surface area contributed by atoms with E-state index in [1.54, 1.807) is 0 Å². The number of benzene rings is 2. The molecule has 27 heavy (non-hydrogen) atoms. The van der Waals surface area contributed by atoms with Crippen LogP contribution in [-0.4, -0.2) is 10.1 Å². The average molecular weight is 361 g/mol. The van der Waals surface area contributed by atoms with Crippen LogP contribution in [0, 0.1) is 5.92 Å². The first-order chi connectivity index (χ1) is 13.3. The minimum absolute atomic E-state index is 0.610. The normalized spacial score (nSPS) is 19.9. The lowest BCUT2D eigenvalue weighted by Gasteiger charge is -2.28. The number of hydrogen-bond acceptors (Lipinski definition) is 3. The van der Waals surface area contributed by atoms with E-state index in [1.807, 2.05) is 18.2 Å². The molecule has 0 atom stereocenters. The van der Waals surface area contributed by atoms with Crippen LogP contribution in [0.15, 0.2) is 59.1 Å². The summed E-state index contributed by atoms with van der Waals surface area (Å²) >= 11 is 0. The Morgan fingerprint density at radius 2 is 1.67 bits per heavy atom. The monoisotopic (exact) mass is 360 g/mol. The first-order valence-corrected chi connectivity index (χ1v) is 10.3. The second-order valence-electron chi connectivity index (χ2n) is 7.81. The fourth-order valence-corrected chi connectivity index (χ4v) is 4.31. The van der Waals surface area contributed by atoms with E-state index >= 15 is 0 Å². The zero-order valence-corrected chi connectivity index (χ0v) is 16.1. The summed E-state index contributed by atoms with van der Waals surface area (Å²) in [7, 11) is 0. The maximum absolute atomic E-state index is 5.49. The van der Waals surface area contributed by atoms with Crippen LogP contribution in [-0.2, 0) is 6.42 Å². The Morgan fingerprint density at radius 3 is 2.37 bits per heavy atom. The summed E-state index contributed by atoms with van der Waals surface area (Å²) in [5.74, 6) is 3.00. The lowest BCUT2D eigenvalue weighted by atomic mass is 9.77. The molecule has 1 aromatic heterocycles. The molecule has 4 rings (SSSR count). The second-order valence-corrected chi connectivity index (χ2v) is 7.81. The van der Waals surface area contributed by atoms with Gasteiger partial charge in [0.25, 0.3) is 5.89 Å². The third-order valence-electron chi connectivity index (χ3n) is 5.85. The molecule has 0 amide bonds. The van der Waals surface area contributed by atoms with Crippen molar-refractivity contribution in [3.63, 3.8) is 0 Å². The van der Waals surface area contributed by atoms with Gasteiger partial charge in [-0.3, -0.25) is 0 Å². The highest BCUT2D eigenvalue weighted by molar-refractivity contribution is 5.53. The Bertz CT molecular complexity index is 830. The molecule has 2 aromatic carbocycles. The van der Waals surface area contributed by atoms with Crippen LogP contribution < -0.4 is 0 Å². The van der Waals surface area contributed by atoms with Crippen molar-refractivity contribution in [2.75, 3.05) is 0 Å². The molecule has 0 saturated heterocycles. The van der Waals surface area contributed by atoms with Crippen molar-refractivity contribution < 1.29 is 4.52 Å². The SMILES string of the molecule is CCCC1CCC(c2ccc(-c3nc(Cc4ccccc4)no3)cc2)CC1. The Hall–Kier alpha value is -2.42. The van der Waals surface area contributed by atoms with Crippen molar-refractivity contribution in [3.05, 3.63) is 71.5 Å². The number of rotatable bonds is 6. The fourth-order valence-electron chi connectivity index (χ4n) is 4.31. The van der Waals surface area contributed by atoms with E-state index in [4.69, 9.17) is 4.52 Å². The van der Waals surface area contributed by atoms with Crippen LogP contribution in [0.5, 0.6) is 0 Å². The summed E-state index contributed by atoms with van der Waals surface area (Å²) in [6.45, 7) is 2.30. The Balaban J connectivity index is 1.39. The summed E-state index contributed by atoms with van der Waals surface area (Å²) in [6.07, 6.45) is 8.83. The van der Waals surface area contributed by atoms with Gasteiger partial charge in [-0.05, 0) is 60.8 Å². The molecule has 3 aromatic rings. The molecule has 3 heteroatoms. The smallest absolute Gasteiger partial charge is 0.257 e. The molecule has 1 saturated carbocycles. The Morgan fingerprint density at radius 1 is 0.926 bits per heavy atom. The summed E-state index contributed by atoms with van der Waals surface area (Å²) in [5, 5.41) is 4.14. The minimum atomic E-state index is 0.610. The summed E-state index contributed by atoms with van der Waals surface area (Å²) in [6, 6.07) is 19.0. The quantitative estimate of drug-likeness (QED) is 0.510. The van der Waals surface area contributed by atoms with Gasteiger partial charge in [-0.25, -0.2) is 0 Å². The third-order valence-corrected chi connectivity index (χ3v) is 5.85. The van der Waals surface area contributed by atoms with Crippen molar-refractivity contribution in [2.45, 2.75) is 57.8 Å². The van der Waals surface area contributed by atoms with E-state index in [9.17, 15) is 0 Å². The third kappa shape index (κ3) is 4.47. The molecule has 0 spiro atoms. The Labute approximate surface area is 161 Å². The van der Waals surface area contributed by atoms with Crippen molar-refractivity contribution in [3.8, 4) is 11.5 Å². The Kier molecular flexibility index (Phi) is 5.66. The first kappa shape index (κ1) is 18.0. The van der Waals surface area contributed by atoms with Crippen LogP contribution in [0.1, 0.15) is 68.3 Å². The van der Waals surface area contributed by atoms with E-state index in [-0.39, 0.29) is 0 Å².